The molecule has 4 nitrogen and oxygen atoms in total. The van der Waals surface area contributed by atoms with E-state index in [9.17, 15) is 5.11 Å². The van der Waals surface area contributed by atoms with Crippen LogP contribution in [0.2, 0.25) is 0 Å². The zero-order valence-electron chi connectivity index (χ0n) is 13.9. The van der Waals surface area contributed by atoms with Gasteiger partial charge in [0.1, 0.15) is 0 Å². The highest BCUT2D eigenvalue weighted by Gasteiger charge is 2.11. The first kappa shape index (κ1) is 15.7. The Bertz CT molecular complexity index is 819. The molecule has 4 heteroatoms. The van der Waals surface area contributed by atoms with E-state index >= 15 is 0 Å². The Kier molecular flexibility index (Phi) is 4.46. The predicted octanol–water partition coefficient (Wildman–Crippen LogP) is 3.12. The molecule has 1 unspecified atom stereocenters. The molecule has 0 radical (unpaired) electrons. The van der Waals surface area contributed by atoms with Crippen molar-refractivity contribution in [3.63, 3.8) is 0 Å². The van der Waals surface area contributed by atoms with Gasteiger partial charge in [-0.05, 0) is 43.7 Å². The lowest BCUT2D eigenvalue weighted by atomic mass is 10.0. The first-order valence-corrected chi connectivity index (χ1v) is 8.03. The number of aromatic nitrogens is 2. The summed E-state index contributed by atoms with van der Waals surface area (Å²) in [5, 5.41) is 12.6. The lowest BCUT2D eigenvalue weighted by Crippen LogP contribution is -2.19. The molecule has 0 amide bonds. The highest BCUT2D eigenvalue weighted by atomic mass is 16.3. The minimum atomic E-state index is -0.0397. The predicted molar refractivity (Wildman–Crippen MR) is 93.6 cm³/mol. The molecule has 1 atom stereocenters. The zero-order chi connectivity index (χ0) is 16.4. The third-order valence-corrected chi connectivity index (χ3v) is 4.27. The molecule has 0 saturated carbocycles. The van der Waals surface area contributed by atoms with E-state index in [4.69, 9.17) is 0 Å². The average Bonchev–Trinajstić information content (AvgIpc) is 2.99. The highest BCUT2D eigenvalue weighted by Crippen LogP contribution is 2.27. The van der Waals surface area contributed by atoms with Crippen LogP contribution < -0.4 is 5.32 Å². The maximum absolute atomic E-state index is 9.48. The Balaban J connectivity index is 2.08. The zero-order valence-corrected chi connectivity index (χ0v) is 13.9. The average molecular weight is 309 g/mol. The summed E-state index contributed by atoms with van der Waals surface area (Å²) in [5.74, 6) is 0. The minimum Gasteiger partial charge on any atom is -0.394 e. The smallest absolute Gasteiger partial charge is 0.0673 e. The number of benzene rings is 1. The van der Waals surface area contributed by atoms with Crippen LogP contribution in [0.5, 0.6) is 0 Å². The monoisotopic (exact) mass is 309 g/mol. The van der Waals surface area contributed by atoms with E-state index in [1.54, 1.807) is 0 Å². The van der Waals surface area contributed by atoms with E-state index < -0.39 is 0 Å². The van der Waals surface area contributed by atoms with Gasteiger partial charge < -0.3 is 14.8 Å². The summed E-state index contributed by atoms with van der Waals surface area (Å²) in [6.07, 6.45) is 5.13. The lowest BCUT2D eigenvalue weighted by Gasteiger charge is -2.14. The van der Waals surface area contributed by atoms with Crippen molar-refractivity contribution >= 4 is 5.52 Å². The van der Waals surface area contributed by atoms with Crippen LogP contribution in [0.25, 0.3) is 16.6 Å². The number of aliphatic hydroxyl groups is 1. The van der Waals surface area contributed by atoms with E-state index in [1.807, 2.05) is 26.1 Å². The molecule has 3 aromatic rings. The van der Waals surface area contributed by atoms with E-state index in [1.165, 1.54) is 5.56 Å². The van der Waals surface area contributed by atoms with Crippen molar-refractivity contribution < 1.29 is 5.11 Å². The van der Waals surface area contributed by atoms with Crippen molar-refractivity contribution in [2.75, 3.05) is 13.7 Å². The Morgan fingerprint density at radius 3 is 2.74 bits per heavy atom. The standard InChI is InChI=1S/C19H23N3O/c1-4-17-19-9-16(11-22(19)10-13(2)21-17)14-6-5-7-15(8-14)18(12-23)20-3/h5-11,18,20,23H,4,12H2,1-3H3. The van der Waals surface area contributed by atoms with Gasteiger partial charge in [-0.3, -0.25) is 4.98 Å². The van der Waals surface area contributed by atoms with Gasteiger partial charge in [0.05, 0.1) is 29.6 Å². The van der Waals surface area contributed by atoms with Crippen LogP contribution in [0.4, 0.5) is 0 Å². The van der Waals surface area contributed by atoms with Gasteiger partial charge in [-0.2, -0.15) is 0 Å². The first-order chi connectivity index (χ1) is 11.2. The van der Waals surface area contributed by atoms with Gasteiger partial charge in [0.25, 0.3) is 0 Å². The summed E-state index contributed by atoms with van der Waals surface area (Å²) < 4.78 is 2.16. The van der Waals surface area contributed by atoms with Crippen molar-refractivity contribution in [3.05, 3.63) is 59.7 Å². The molecule has 23 heavy (non-hydrogen) atoms. The van der Waals surface area contributed by atoms with Crippen LogP contribution in [0.3, 0.4) is 0 Å². The van der Waals surface area contributed by atoms with Crippen molar-refractivity contribution in [2.45, 2.75) is 26.3 Å². The summed E-state index contributed by atoms with van der Waals surface area (Å²) >= 11 is 0. The number of aliphatic hydroxyl groups excluding tert-OH is 1. The van der Waals surface area contributed by atoms with Crippen molar-refractivity contribution in [1.29, 1.82) is 0 Å². The fraction of sp³-hybridized carbons (Fsp3) is 0.316. The highest BCUT2D eigenvalue weighted by molar-refractivity contribution is 5.72. The largest absolute Gasteiger partial charge is 0.394 e. The Morgan fingerprint density at radius 2 is 2.04 bits per heavy atom. The van der Waals surface area contributed by atoms with E-state index in [0.29, 0.717) is 0 Å². The molecular weight excluding hydrogens is 286 g/mol. The first-order valence-electron chi connectivity index (χ1n) is 8.03. The van der Waals surface area contributed by atoms with Crippen LogP contribution in [0, 0.1) is 6.92 Å². The molecule has 2 heterocycles. The second-order valence-electron chi connectivity index (χ2n) is 5.85. The van der Waals surface area contributed by atoms with Crippen LogP contribution in [-0.4, -0.2) is 28.1 Å². The third kappa shape index (κ3) is 3.00. The van der Waals surface area contributed by atoms with E-state index in [2.05, 4.69) is 52.2 Å². The summed E-state index contributed by atoms with van der Waals surface area (Å²) in [7, 11) is 1.86. The van der Waals surface area contributed by atoms with Crippen molar-refractivity contribution in [3.8, 4) is 11.1 Å². The van der Waals surface area contributed by atoms with Gasteiger partial charge in [0, 0.05) is 18.0 Å². The fourth-order valence-electron chi connectivity index (χ4n) is 3.03. The molecule has 3 rings (SSSR count). The topological polar surface area (TPSA) is 49.6 Å². The van der Waals surface area contributed by atoms with Crippen LogP contribution in [0.15, 0.2) is 42.7 Å². The normalized spacial score (nSPS) is 12.7. The summed E-state index contributed by atoms with van der Waals surface area (Å²) in [5.41, 5.74) is 6.72. The number of aryl methyl sites for hydroxylation is 2. The van der Waals surface area contributed by atoms with E-state index in [0.717, 1.165) is 34.5 Å². The van der Waals surface area contributed by atoms with Gasteiger partial charge in [0.2, 0.25) is 0 Å². The maximum atomic E-state index is 9.48. The van der Waals surface area contributed by atoms with Gasteiger partial charge in [-0.25, -0.2) is 0 Å². The molecule has 1 aromatic carbocycles. The van der Waals surface area contributed by atoms with Crippen LogP contribution >= 0.6 is 0 Å². The number of likely N-dealkylation sites (N-methyl/N-ethyl adjacent to an activating group) is 1. The molecule has 2 N–H and O–H groups in total. The second kappa shape index (κ2) is 6.52. The SMILES string of the molecule is CCc1nc(C)cn2cc(-c3cccc(C(CO)NC)c3)cc12. The fourth-order valence-corrected chi connectivity index (χ4v) is 3.03. The Labute approximate surface area is 136 Å². The van der Waals surface area contributed by atoms with Crippen molar-refractivity contribution in [2.24, 2.45) is 0 Å². The Morgan fingerprint density at radius 1 is 1.22 bits per heavy atom. The molecule has 0 fully saturated rings. The van der Waals surface area contributed by atoms with Gasteiger partial charge in [0.15, 0.2) is 0 Å². The van der Waals surface area contributed by atoms with Crippen LogP contribution in [-0.2, 0) is 6.42 Å². The quantitative estimate of drug-likeness (QED) is 0.761. The van der Waals surface area contributed by atoms with Crippen molar-refractivity contribution in [1.82, 2.24) is 14.7 Å². The van der Waals surface area contributed by atoms with Gasteiger partial charge in [-0.15, -0.1) is 0 Å². The number of hydrogen-bond donors (Lipinski definition) is 2. The number of nitrogens with one attached hydrogen (secondary N) is 1. The summed E-state index contributed by atoms with van der Waals surface area (Å²) in [4.78, 5) is 4.64. The molecule has 0 bridgehead atoms. The van der Waals surface area contributed by atoms with Gasteiger partial charge in [-0.1, -0.05) is 25.1 Å². The van der Waals surface area contributed by atoms with Gasteiger partial charge >= 0.3 is 0 Å². The third-order valence-electron chi connectivity index (χ3n) is 4.27. The van der Waals surface area contributed by atoms with Crippen LogP contribution in [0.1, 0.15) is 29.9 Å². The molecule has 0 aliphatic carbocycles. The summed E-state index contributed by atoms with van der Waals surface area (Å²) in [6, 6.07) is 10.5. The molecule has 0 spiro atoms. The number of nitrogens with zero attached hydrogens (tertiary/aromatic N) is 2. The molecular formula is C19H23N3O. The molecule has 0 saturated heterocycles. The number of hydrogen-bond acceptors (Lipinski definition) is 3. The van der Waals surface area contributed by atoms with E-state index in [-0.39, 0.29) is 12.6 Å². The second-order valence-corrected chi connectivity index (χ2v) is 5.85. The number of fused-ring (bicyclic) bond motifs is 1. The number of rotatable bonds is 5. The summed E-state index contributed by atoms with van der Waals surface area (Å²) in [6.45, 7) is 4.24. The molecule has 120 valence electrons. The molecule has 0 aliphatic heterocycles. The molecule has 0 aliphatic rings. The minimum absolute atomic E-state index is 0.0397. The lowest BCUT2D eigenvalue weighted by molar-refractivity contribution is 0.251. The molecule has 2 aromatic heterocycles. The Hall–Kier alpha value is -2.17. The maximum Gasteiger partial charge on any atom is 0.0673 e.